The second-order valence-electron chi connectivity index (χ2n) is 7.09. The normalized spacial score (nSPS) is 20.0. The summed E-state index contributed by atoms with van der Waals surface area (Å²) < 4.78 is 19.8. The van der Waals surface area contributed by atoms with Crippen LogP contribution in [0.4, 0.5) is 10.1 Å². The molecule has 2 fully saturated rings. The number of anilines is 1. The van der Waals surface area contributed by atoms with Crippen molar-refractivity contribution in [2.75, 3.05) is 64.3 Å². The lowest BCUT2D eigenvalue weighted by molar-refractivity contribution is -0.137. The molecule has 1 atom stereocenters. The van der Waals surface area contributed by atoms with Crippen molar-refractivity contribution in [2.45, 2.75) is 13.0 Å². The summed E-state index contributed by atoms with van der Waals surface area (Å²) in [5.41, 5.74) is 0.176. The highest BCUT2D eigenvalue weighted by atomic mass is 79.9. The molecule has 1 N–H and O–H groups in total. The minimum Gasteiger partial charge on any atom is -0.378 e. The summed E-state index contributed by atoms with van der Waals surface area (Å²) in [5.74, 6) is -0.575. The van der Waals surface area contributed by atoms with Crippen molar-refractivity contribution in [1.82, 2.24) is 14.7 Å². The number of piperazine rings is 1. The standard InChI is InChI=1S/C19H26BrFN4O3/c1-14(19(27)22-17-3-2-15(20)12-16(17)21)24-6-4-23(5-7-24)13-18(26)25-8-10-28-11-9-25/h2-3,12,14H,4-11,13H2,1H3,(H,22,27). The molecule has 3 rings (SSSR count). The fourth-order valence-corrected chi connectivity index (χ4v) is 3.74. The van der Waals surface area contributed by atoms with Gasteiger partial charge in [-0.2, -0.15) is 0 Å². The van der Waals surface area contributed by atoms with Crippen molar-refractivity contribution in [3.63, 3.8) is 0 Å². The Hall–Kier alpha value is -1.55. The summed E-state index contributed by atoms with van der Waals surface area (Å²) in [4.78, 5) is 30.9. The molecule has 0 radical (unpaired) electrons. The van der Waals surface area contributed by atoms with E-state index < -0.39 is 5.82 Å². The maximum absolute atomic E-state index is 13.9. The van der Waals surface area contributed by atoms with Crippen LogP contribution in [-0.2, 0) is 14.3 Å². The first-order valence-electron chi connectivity index (χ1n) is 9.52. The van der Waals surface area contributed by atoms with Crippen molar-refractivity contribution >= 4 is 33.4 Å². The number of hydrogen-bond donors (Lipinski definition) is 1. The lowest BCUT2D eigenvalue weighted by atomic mass is 10.2. The van der Waals surface area contributed by atoms with Crippen LogP contribution in [0.1, 0.15) is 6.92 Å². The average Bonchev–Trinajstić information content (AvgIpc) is 2.70. The van der Waals surface area contributed by atoms with Gasteiger partial charge in [0.15, 0.2) is 0 Å². The van der Waals surface area contributed by atoms with Gasteiger partial charge >= 0.3 is 0 Å². The summed E-state index contributed by atoms with van der Waals surface area (Å²) in [6.45, 7) is 7.56. The molecule has 9 heteroatoms. The maximum Gasteiger partial charge on any atom is 0.241 e. The molecular formula is C19H26BrFN4O3. The Morgan fingerprint density at radius 1 is 1.18 bits per heavy atom. The highest BCUT2D eigenvalue weighted by molar-refractivity contribution is 9.10. The first-order chi connectivity index (χ1) is 13.4. The quantitative estimate of drug-likeness (QED) is 0.725. The summed E-state index contributed by atoms with van der Waals surface area (Å²) >= 11 is 3.20. The summed E-state index contributed by atoms with van der Waals surface area (Å²) in [5, 5.41) is 2.66. The van der Waals surface area contributed by atoms with Crippen LogP contribution in [0.5, 0.6) is 0 Å². The lowest BCUT2D eigenvalue weighted by Gasteiger charge is -2.38. The first kappa shape index (κ1) is 21.2. The molecule has 2 heterocycles. The number of nitrogens with one attached hydrogen (secondary N) is 1. The Bertz CT molecular complexity index is 706. The van der Waals surface area contributed by atoms with Gasteiger partial charge in [0.05, 0.1) is 31.5 Å². The molecule has 0 saturated carbocycles. The number of morpholine rings is 1. The molecular weight excluding hydrogens is 431 g/mol. The maximum atomic E-state index is 13.9. The molecule has 2 amide bonds. The Labute approximate surface area is 172 Å². The predicted molar refractivity (Wildman–Crippen MR) is 108 cm³/mol. The van der Waals surface area contributed by atoms with Crippen LogP contribution in [0.25, 0.3) is 0 Å². The zero-order valence-electron chi connectivity index (χ0n) is 16.0. The molecule has 7 nitrogen and oxygen atoms in total. The largest absolute Gasteiger partial charge is 0.378 e. The summed E-state index contributed by atoms with van der Waals surface area (Å²) in [6.07, 6.45) is 0. The fraction of sp³-hybridized carbons (Fsp3) is 0.579. The van der Waals surface area contributed by atoms with E-state index in [2.05, 4.69) is 31.0 Å². The highest BCUT2D eigenvalue weighted by Gasteiger charge is 2.28. The van der Waals surface area contributed by atoms with Crippen molar-refractivity contribution in [1.29, 1.82) is 0 Å². The smallest absolute Gasteiger partial charge is 0.241 e. The van der Waals surface area contributed by atoms with E-state index >= 15 is 0 Å². The second-order valence-corrected chi connectivity index (χ2v) is 8.01. The van der Waals surface area contributed by atoms with Gasteiger partial charge < -0.3 is 15.0 Å². The van der Waals surface area contributed by atoms with E-state index in [9.17, 15) is 14.0 Å². The van der Waals surface area contributed by atoms with E-state index in [-0.39, 0.29) is 23.5 Å². The van der Waals surface area contributed by atoms with Gasteiger partial charge in [-0.25, -0.2) is 4.39 Å². The van der Waals surface area contributed by atoms with E-state index in [1.165, 1.54) is 6.07 Å². The molecule has 28 heavy (non-hydrogen) atoms. The molecule has 0 aromatic heterocycles. The zero-order valence-corrected chi connectivity index (χ0v) is 17.6. The van der Waals surface area contributed by atoms with E-state index in [1.807, 2.05) is 11.8 Å². The Balaban J connectivity index is 1.45. The van der Waals surface area contributed by atoms with Crippen LogP contribution in [0.3, 0.4) is 0 Å². The van der Waals surface area contributed by atoms with E-state index in [0.717, 1.165) is 13.1 Å². The number of benzene rings is 1. The summed E-state index contributed by atoms with van der Waals surface area (Å²) in [6, 6.07) is 4.18. The molecule has 0 spiro atoms. The monoisotopic (exact) mass is 456 g/mol. The van der Waals surface area contributed by atoms with E-state index in [0.29, 0.717) is 50.4 Å². The topological polar surface area (TPSA) is 65.1 Å². The second kappa shape index (κ2) is 9.78. The SMILES string of the molecule is CC(C(=O)Nc1ccc(Br)cc1F)N1CCN(CC(=O)N2CCOCC2)CC1. The van der Waals surface area contributed by atoms with Gasteiger partial charge in [-0.1, -0.05) is 15.9 Å². The number of ether oxygens (including phenoxy) is 1. The van der Waals surface area contributed by atoms with Gasteiger partial charge in [0.25, 0.3) is 0 Å². The van der Waals surface area contributed by atoms with Crippen LogP contribution in [0.2, 0.25) is 0 Å². The zero-order chi connectivity index (χ0) is 20.1. The van der Waals surface area contributed by atoms with Crippen molar-refractivity contribution in [2.24, 2.45) is 0 Å². The van der Waals surface area contributed by atoms with Crippen molar-refractivity contribution in [3.8, 4) is 0 Å². The van der Waals surface area contributed by atoms with E-state index in [1.54, 1.807) is 12.1 Å². The molecule has 1 aromatic carbocycles. The molecule has 1 unspecified atom stereocenters. The van der Waals surface area contributed by atoms with Gasteiger partial charge in [0.1, 0.15) is 5.82 Å². The molecule has 1 aromatic rings. The third kappa shape index (κ3) is 5.50. The highest BCUT2D eigenvalue weighted by Crippen LogP contribution is 2.20. The lowest BCUT2D eigenvalue weighted by Crippen LogP contribution is -2.55. The van der Waals surface area contributed by atoms with Gasteiger partial charge in [-0.15, -0.1) is 0 Å². The van der Waals surface area contributed by atoms with Crippen LogP contribution in [0.15, 0.2) is 22.7 Å². The number of hydrogen-bond acceptors (Lipinski definition) is 5. The van der Waals surface area contributed by atoms with E-state index in [4.69, 9.17) is 4.74 Å². The minimum atomic E-state index is -0.471. The van der Waals surface area contributed by atoms with Crippen LogP contribution >= 0.6 is 15.9 Å². The fourth-order valence-electron chi connectivity index (χ4n) is 3.41. The van der Waals surface area contributed by atoms with Gasteiger partial charge in [-0.05, 0) is 25.1 Å². The molecule has 2 saturated heterocycles. The first-order valence-corrected chi connectivity index (χ1v) is 10.3. The number of nitrogens with zero attached hydrogens (tertiary/aromatic N) is 3. The van der Waals surface area contributed by atoms with Gasteiger partial charge in [0, 0.05) is 43.7 Å². The number of halogens is 2. The Morgan fingerprint density at radius 3 is 2.50 bits per heavy atom. The minimum absolute atomic E-state index is 0.133. The van der Waals surface area contributed by atoms with Crippen LogP contribution in [-0.4, -0.2) is 91.6 Å². The third-order valence-electron chi connectivity index (χ3n) is 5.25. The Morgan fingerprint density at radius 2 is 1.86 bits per heavy atom. The molecule has 2 aliphatic rings. The predicted octanol–water partition coefficient (Wildman–Crippen LogP) is 1.39. The number of carbonyl (C=O) groups excluding carboxylic acids is 2. The number of amides is 2. The number of rotatable bonds is 5. The van der Waals surface area contributed by atoms with Crippen molar-refractivity contribution < 1.29 is 18.7 Å². The molecule has 2 aliphatic heterocycles. The van der Waals surface area contributed by atoms with Crippen LogP contribution < -0.4 is 5.32 Å². The molecule has 0 aliphatic carbocycles. The van der Waals surface area contributed by atoms with Gasteiger partial charge in [-0.3, -0.25) is 19.4 Å². The average molecular weight is 457 g/mol. The van der Waals surface area contributed by atoms with Gasteiger partial charge in [0.2, 0.25) is 11.8 Å². The Kier molecular flexibility index (Phi) is 7.39. The van der Waals surface area contributed by atoms with Crippen LogP contribution in [0, 0.1) is 5.82 Å². The number of carbonyl (C=O) groups is 2. The molecule has 154 valence electrons. The third-order valence-corrected chi connectivity index (χ3v) is 5.74. The molecule has 0 bridgehead atoms. The van der Waals surface area contributed by atoms with Crippen molar-refractivity contribution in [3.05, 3.63) is 28.5 Å². The summed E-state index contributed by atoms with van der Waals surface area (Å²) in [7, 11) is 0.